The standard InChI is InChI=1S/C17H23FN2O2.ClH/c18-13-5-2-6-15(9-13)22-10-16(21)20-17-11-3-1-4-12(17)8-14(19)7-11;/h2,5-6,9,11-12,14,17H,1,3-4,7-8,10,19H2,(H,20,21);1H. The molecule has 2 fully saturated rings. The van der Waals surface area contributed by atoms with Crippen molar-refractivity contribution in [2.24, 2.45) is 17.6 Å². The average molecular weight is 343 g/mol. The number of nitrogens with two attached hydrogens (primary N) is 1. The predicted octanol–water partition coefficient (Wildman–Crippen LogP) is 2.65. The van der Waals surface area contributed by atoms with E-state index in [0.29, 0.717) is 17.6 Å². The van der Waals surface area contributed by atoms with Gasteiger partial charge in [0.05, 0.1) is 0 Å². The Morgan fingerprint density at radius 3 is 2.65 bits per heavy atom. The fourth-order valence-electron chi connectivity index (χ4n) is 3.96. The van der Waals surface area contributed by atoms with Gasteiger partial charge in [0.25, 0.3) is 5.91 Å². The summed E-state index contributed by atoms with van der Waals surface area (Å²) in [6.07, 6.45) is 5.49. The van der Waals surface area contributed by atoms with Crippen molar-refractivity contribution >= 4 is 18.3 Å². The van der Waals surface area contributed by atoms with Crippen molar-refractivity contribution < 1.29 is 13.9 Å². The van der Waals surface area contributed by atoms with Crippen molar-refractivity contribution in [1.29, 1.82) is 0 Å². The monoisotopic (exact) mass is 342 g/mol. The van der Waals surface area contributed by atoms with E-state index in [0.717, 1.165) is 25.7 Å². The highest BCUT2D eigenvalue weighted by Gasteiger charge is 2.39. The number of carbonyl (C=O) groups is 1. The molecule has 2 aliphatic rings. The summed E-state index contributed by atoms with van der Waals surface area (Å²) < 4.78 is 18.4. The number of ether oxygens (including phenoxy) is 1. The van der Waals surface area contributed by atoms with Crippen LogP contribution in [0.3, 0.4) is 0 Å². The van der Waals surface area contributed by atoms with Gasteiger partial charge >= 0.3 is 0 Å². The molecular weight excluding hydrogens is 319 g/mol. The molecule has 6 heteroatoms. The van der Waals surface area contributed by atoms with Gasteiger partial charge in [-0.2, -0.15) is 0 Å². The number of nitrogens with one attached hydrogen (secondary N) is 1. The maximum atomic E-state index is 13.1. The van der Waals surface area contributed by atoms with Crippen LogP contribution in [0.15, 0.2) is 24.3 Å². The molecule has 2 atom stereocenters. The zero-order valence-electron chi connectivity index (χ0n) is 13.0. The third-order valence-electron chi connectivity index (χ3n) is 4.87. The third-order valence-corrected chi connectivity index (χ3v) is 4.87. The van der Waals surface area contributed by atoms with Crippen LogP contribution in [0.4, 0.5) is 4.39 Å². The quantitative estimate of drug-likeness (QED) is 0.884. The van der Waals surface area contributed by atoms with Crippen molar-refractivity contribution in [1.82, 2.24) is 5.32 Å². The summed E-state index contributed by atoms with van der Waals surface area (Å²) >= 11 is 0. The largest absolute Gasteiger partial charge is 0.484 e. The van der Waals surface area contributed by atoms with Gasteiger partial charge in [-0.1, -0.05) is 12.5 Å². The van der Waals surface area contributed by atoms with Crippen LogP contribution in [-0.4, -0.2) is 24.6 Å². The Morgan fingerprint density at radius 2 is 2.00 bits per heavy atom. The highest BCUT2D eigenvalue weighted by molar-refractivity contribution is 5.85. The molecule has 0 spiro atoms. The predicted molar refractivity (Wildman–Crippen MR) is 89.1 cm³/mol. The normalized spacial score (nSPS) is 29.3. The molecular formula is C17H24ClFN2O2. The molecule has 2 unspecified atom stereocenters. The van der Waals surface area contributed by atoms with E-state index in [1.165, 1.54) is 18.6 Å². The molecule has 3 N–H and O–H groups in total. The van der Waals surface area contributed by atoms with Gasteiger partial charge in [0.2, 0.25) is 0 Å². The Kier molecular flexibility index (Phi) is 6.25. The van der Waals surface area contributed by atoms with Crippen LogP contribution in [0, 0.1) is 17.7 Å². The molecule has 2 saturated carbocycles. The average Bonchev–Trinajstić information content (AvgIpc) is 2.46. The molecule has 0 aromatic heterocycles. The summed E-state index contributed by atoms with van der Waals surface area (Å²) in [5.41, 5.74) is 6.09. The highest BCUT2D eigenvalue weighted by atomic mass is 35.5. The van der Waals surface area contributed by atoms with Crippen LogP contribution >= 0.6 is 12.4 Å². The molecule has 23 heavy (non-hydrogen) atoms. The van der Waals surface area contributed by atoms with Crippen LogP contribution in [0.2, 0.25) is 0 Å². The molecule has 0 saturated heterocycles. The van der Waals surface area contributed by atoms with Crippen molar-refractivity contribution in [3.63, 3.8) is 0 Å². The number of carbonyl (C=O) groups excluding carboxylic acids is 1. The lowest BCUT2D eigenvalue weighted by Gasteiger charge is -2.45. The Hall–Kier alpha value is -1.33. The molecule has 2 bridgehead atoms. The zero-order valence-corrected chi connectivity index (χ0v) is 13.9. The minimum absolute atomic E-state index is 0. The minimum Gasteiger partial charge on any atom is -0.484 e. The van der Waals surface area contributed by atoms with E-state index in [4.69, 9.17) is 10.5 Å². The SMILES string of the molecule is Cl.NC1CC2CCCC(C1)C2NC(=O)COc1cccc(F)c1. The van der Waals surface area contributed by atoms with Crippen LogP contribution in [0.25, 0.3) is 0 Å². The topological polar surface area (TPSA) is 64.3 Å². The number of fused-ring (bicyclic) bond motifs is 2. The second-order valence-electron chi connectivity index (χ2n) is 6.52. The Bertz CT molecular complexity index is 529. The minimum atomic E-state index is -0.367. The van der Waals surface area contributed by atoms with E-state index >= 15 is 0 Å². The lowest BCUT2D eigenvalue weighted by atomic mass is 9.67. The number of amides is 1. The van der Waals surface area contributed by atoms with Gasteiger partial charge in [0.15, 0.2) is 6.61 Å². The van der Waals surface area contributed by atoms with Gasteiger partial charge in [0.1, 0.15) is 11.6 Å². The third kappa shape index (κ3) is 4.58. The first-order valence-electron chi connectivity index (χ1n) is 8.05. The van der Waals surface area contributed by atoms with Crippen molar-refractivity contribution in [2.45, 2.75) is 44.2 Å². The maximum Gasteiger partial charge on any atom is 0.258 e. The zero-order chi connectivity index (χ0) is 15.5. The van der Waals surface area contributed by atoms with Crippen molar-refractivity contribution in [3.05, 3.63) is 30.1 Å². The van der Waals surface area contributed by atoms with E-state index in [1.54, 1.807) is 12.1 Å². The van der Waals surface area contributed by atoms with Crippen LogP contribution in [0.5, 0.6) is 5.75 Å². The molecule has 1 amide bonds. The van der Waals surface area contributed by atoms with Gasteiger partial charge in [-0.05, 0) is 49.7 Å². The summed E-state index contributed by atoms with van der Waals surface area (Å²) in [6.45, 7) is -0.0779. The van der Waals surface area contributed by atoms with E-state index < -0.39 is 0 Å². The summed E-state index contributed by atoms with van der Waals surface area (Å²) in [4.78, 5) is 12.1. The Labute approximate surface area is 142 Å². The fraction of sp³-hybridized carbons (Fsp3) is 0.588. The van der Waals surface area contributed by atoms with Crippen LogP contribution in [0.1, 0.15) is 32.1 Å². The molecule has 3 rings (SSSR count). The van der Waals surface area contributed by atoms with Gasteiger partial charge < -0.3 is 15.8 Å². The first-order chi connectivity index (χ1) is 10.6. The molecule has 1 aromatic rings. The summed E-state index contributed by atoms with van der Waals surface area (Å²) in [7, 11) is 0. The van der Waals surface area contributed by atoms with Gasteiger partial charge in [0, 0.05) is 18.2 Å². The summed E-state index contributed by atoms with van der Waals surface area (Å²) in [5, 5.41) is 3.11. The van der Waals surface area contributed by atoms with Crippen molar-refractivity contribution in [3.8, 4) is 5.75 Å². The van der Waals surface area contributed by atoms with Crippen molar-refractivity contribution in [2.75, 3.05) is 6.61 Å². The Balaban J connectivity index is 0.00000192. The number of benzene rings is 1. The molecule has 128 valence electrons. The first-order valence-corrected chi connectivity index (χ1v) is 8.05. The molecule has 0 aliphatic heterocycles. The molecule has 1 aromatic carbocycles. The summed E-state index contributed by atoms with van der Waals surface area (Å²) in [6, 6.07) is 6.32. The molecule has 2 aliphatic carbocycles. The number of hydrogen-bond donors (Lipinski definition) is 2. The van der Waals surface area contributed by atoms with Gasteiger partial charge in [-0.3, -0.25) is 4.79 Å². The van der Waals surface area contributed by atoms with Crippen LogP contribution in [-0.2, 0) is 4.79 Å². The lowest BCUT2D eigenvalue weighted by molar-refractivity contribution is -0.125. The van der Waals surface area contributed by atoms with E-state index in [2.05, 4.69) is 5.32 Å². The second-order valence-corrected chi connectivity index (χ2v) is 6.52. The van der Waals surface area contributed by atoms with Crippen LogP contribution < -0.4 is 15.8 Å². The highest BCUT2D eigenvalue weighted by Crippen LogP contribution is 2.39. The van der Waals surface area contributed by atoms with E-state index in [-0.39, 0.29) is 42.8 Å². The molecule has 0 heterocycles. The van der Waals surface area contributed by atoms with Gasteiger partial charge in [-0.15, -0.1) is 12.4 Å². The molecule has 4 nitrogen and oxygen atoms in total. The fourth-order valence-corrected chi connectivity index (χ4v) is 3.96. The first kappa shape index (κ1) is 18.0. The van der Waals surface area contributed by atoms with E-state index in [1.807, 2.05) is 0 Å². The Morgan fingerprint density at radius 1 is 1.30 bits per heavy atom. The summed E-state index contributed by atoms with van der Waals surface area (Å²) in [5.74, 6) is 0.845. The smallest absolute Gasteiger partial charge is 0.258 e. The number of hydrogen-bond acceptors (Lipinski definition) is 3. The van der Waals surface area contributed by atoms with Gasteiger partial charge in [-0.25, -0.2) is 4.39 Å². The molecule has 0 radical (unpaired) electrons. The number of halogens is 2. The van der Waals surface area contributed by atoms with E-state index in [9.17, 15) is 9.18 Å². The maximum absolute atomic E-state index is 13.1. The lowest BCUT2D eigenvalue weighted by Crippen LogP contribution is -2.54. The number of rotatable bonds is 4. The second kappa shape index (κ2) is 7.97.